The van der Waals surface area contributed by atoms with Gasteiger partial charge in [0.1, 0.15) is 5.02 Å². The number of nitrogens with zero attached hydrogens (tertiary/aromatic N) is 4. The van der Waals surface area contributed by atoms with Crippen LogP contribution in [0.2, 0.25) is 5.02 Å². The number of amides is 1. The monoisotopic (exact) mass is 491 g/mol. The molecule has 1 saturated heterocycles. The van der Waals surface area contributed by atoms with E-state index in [0.29, 0.717) is 28.5 Å². The lowest BCUT2D eigenvalue weighted by molar-refractivity contribution is 0.0959. The Balaban J connectivity index is 1.31. The topological polar surface area (TPSA) is 95.1 Å². The molecule has 1 amide bonds. The first-order valence-electron chi connectivity index (χ1n) is 12.2. The Morgan fingerprint density at radius 3 is 2.66 bits per heavy atom. The molecule has 0 radical (unpaired) electrons. The zero-order valence-corrected chi connectivity index (χ0v) is 20.6. The van der Waals surface area contributed by atoms with Crippen molar-refractivity contribution in [3.63, 3.8) is 0 Å². The summed E-state index contributed by atoms with van der Waals surface area (Å²) in [4.78, 5) is 27.9. The molecule has 1 aliphatic heterocycles. The van der Waals surface area contributed by atoms with Crippen LogP contribution in [0.5, 0.6) is 0 Å². The van der Waals surface area contributed by atoms with Crippen LogP contribution in [0, 0.1) is 0 Å². The highest BCUT2D eigenvalue weighted by molar-refractivity contribution is 6.33. The van der Waals surface area contributed by atoms with E-state index in [0.717, 1.165) is 18.5 Å². The number of fused-ring (bicyclic) bond motifs is 1. The largest absolute Gasteiger partial charge is 0.354 e. The fraction of sp³-hybridized carbons (Fsp3) is 0.385. The van der Waals surface area contributed by atoms with Gasteiger partial charge < -0.3 is 20.9 Å². The Morgan fingerprint density at radius 2 is 1.86 bits per heavy atom. The SMILES string of the molecule is CNC(=O)c1ncccc1Nc1nc(Nc2ccc3c(c2)CC[C@@H](N2CCCC2)CC3)ncc1Cl. The maximum absolute atomic E-state index is 12.2. The van der Waals surface area contributed by atoms with E-state index in [9.17, 15) is 4.79 Å². The minimum absolute atomic E-state index is 0.261. The first-order chi connectivity index (χ1) is 17.1. The lowest BCUT2D eigenvalue weighted by Gasteiger charge is -2.25. The van der Waals surface area contributed by atoms with Gasteiger partial charge in [-0.25, -0.2) is 9.97 Å². The van der Waals surface area contributed by atoms with Crippen LogP contribution in [0.4, 0.5) is 23.1 Å². The number of aromatic nitrogens is 3. The fourth-order valence-corrected chi connectivity index (χ4v) is 5.16. The molecule has 9 heteroatoms. The number of benzene rings is 1. The number of halogens is 1. The summed E-state index contributed by atoms with van der Waals surface area (Å²) in [6.07, 6.45) is 10.4. The summed E-state index contributed by atoms with van der Waals surface area (Å²) in [5.74, 6) is 0.518. The third-order valence-electron chi connectivity index (χ3n) is 6.86. The van der Waals surface area contributed by atoms with E-state index >= 15 is 0 Å². The zero-order chi connectivity index (χ0) is 24.2. The van der Waals surface area contributed by atoms with Crippen molar-refractivity contribution in [1.29, 1.82) is 0 Å². The Bertz CT molecular complexity index is 1210. The molecule has 2 aliphatic rings. The average Bonchev–Trinajstić information content (AvgIpc) is 3.33. The molecule has 3 heterocycles. The summed E-state index contributed by atoms with van der Waals surface area (Å²) in [6, 6.07) is 10.7. The highest BCUT2D eigenvalue weighted by Crippen LogP contribution is 2.30. The second-order valence-electron chi connectivity index (χ2n) is 9.08. The molecule has 0 bridgehead atoms. The van der Waals surface area contributed by atoms with E-state index in [1.165, 1.54) is 49.9 Å². The minimum Gasteiger partial charge on any atom is -0.354 e. The highest BCUT2D eigenvalue weighted by atomic mass is 35.5. The Labute approximate surface area is 210 Å². The van der Waals surface area contributed by atoms with Crippen molar-refractivity contribution in [2.24, 2.45) is 0 Å². The number of nitrogens with one attached hydrogen (secondary N) is 3. The van der Waals surface area contributed by atoms with E-state index in [2.05, 4.69) is 54.0 Å². The van der Waals surface area contributed by atoms with Crippen molar-refractivity contribution in [3.05, 3.63) is 64.6 Å². The van der Waals surface area contributed by atoms with Crippen molar-refractivity contribution in [3.8, 4) is 0 Å². The van der Waals surface area contributed by atoms with Gasteiger partial charge in [-0.15, -0.1) is 0 Å². The molecular formula is C26H30ClN7O. The van der Waals surface area contributed by atoms with Crippen molar-refractivity contribution >= 4 is 40.6 Å². The summed E-state index contributed by atoms with van der Waals surface area (Å²) in [6.45, 7) is 2.50. The Hall–Kier alpha value is -3.23. The Kier molecular flexibility index (Phi) is 7.11. The highest BCUT2D eigenvalue weighted by Gasteiger charge is 2.24. The summed E-state index contributed by atoms with van der Waals surface area (Å²) in [5.41, 5.74) is 4.56. The summed E-state index contributed by atoms with van der Waals surface area (Å²) >= 11 is 6.36. The van der Waals surface area contributed by atoms with Gasteiger partial charge in [-0.1, -0.05) is 17.7 Å². The van der Waals surface area contributed by atoms with Gasteiger partial charge in [0.15, 0.2) is 11.5 Å². The van der Waals surface area contributed by atoms with E-state index < -0.39 is 0 Å². The molecule has 5 rings (SSSR count). The molecule has 1 atom stereocenters. The quantitative estimate of drug-likeness (QED) is 0.429. The van der Waals surface area contributed by atoms with Crippen molar-refractivity contribution in [2.75, 3.05) is 30.8 Å². The predicted molar refractivity (Wildman–Crippen MR) is 139 cm³/mol. The molecule has 1 fully saturated rings. The van der Waals surface area contributed by atoms with Crippen LogP contribution in [0.1, 0.15) is 47.3 Å². The molecule has 3 N–H and O–H groups in total. The van der Waals surface area contributed by atoms with Gasteiger partial charge in [-0.2, -0.15) is 4.98 Å². The van der Waals surface area contributed by atoms with Crippen LogP contribution in [-0.4, -0.2) is 51.9 Å². The minimum atomic E-state index is -0.298. The Morgan fingerprint density at radius 1 is 1.06 bits per heavy atom. The number of hydrogen-bond donors (Lipinski definition) is 3. The molecule has 0 saturated carbocycles. The van der Waals surface area contributed by atoms with Crippen molar-refractivity contribution in [2.45, 2.75) is 44.6 Å². The summed E-state index contributed by atoms with van der Waals surface area (Å²) < 4.78 is 0. The van der Waals surface area contributed by atoms with E-state index in [4.69, 9.17) is 11.6 Å². The number of carbonyl (C=O) groups excluding carboxylic acids is 1. The number of rotatable bonds is 6. The van der Waals surface area contributed by atoms with Crippen molar-refractivity contribution in [1.82, 2.24) is 25.2 Å². The summed E-state index contributed by atoms with van der Waals surface area (Å²) in [7, 11) is 1.56. The van der Waals surface area contributed by atoms with Gasteiger partial charge in [0.05, 0.1) is 11.9 Å². The third-order valence-corrected chi connectivity index (χ3v) is 7.14. The van der Waals surface area contributed by atoms with Crippen LogP contribution < -0.4 is 16.0 Å². The molecule has 2 aromatic heterocycles. The lowest BCUT2D eigenvalue weighted by atomic mass is 10.0. The van der Waals surface area contributed by atoms with Crippen LogP contribution >= 0.6 is 11.6 Å². The van der Waals surface area contributed by atoms with E-state index in [-0.39, 0.29) is 11.6 Å². The molecule has 182 valence electrons. The van der Waals surface area contributed by atoms with E-state index in [1.807, 2.05) is 0 Å². The zero-order valence-electron chi connectivity index (χ0n) is 19.9. The van der Waals surface area contributed by atoms with Gasteiger partial charge in [0.25, 0.3) is 5.91 Å². The van der Waals surface area contributed by atoms with Gasteiger partial charge in [0.2, 0.25) is 5.95 Å². The van der Waals surface area contributed by atoms with Crippen LogP contribution in [0.25, 0.3) is 0 Å². The smallest absolute Gasteiger partial charge is 0.271 e. The first-order valence-corrected chi connectivity index (χ1v) is 12.6. The van der Waals surface area contributed by atoms with Crippen LogP contribution in [0.3, 0.4) is 0 Å². The molecule has 1 aliphatic carbocycles. The molecule has 1 aromatic carbocycles. The fourth-order valence-electron chi connectivity index (χ4n) is 5.02. The first kappa shape index (κ1) is 23.5. The lowest BCUT2D eigenvalue weighted by Crippen LogP contribution is -2.32. The number of anilines is 4. The molecular weight excluding hydrogens is 462 g/mol. The van der Waals surface area contributed by atoms with E-state index in [1.54, 1.807) is 31.6 Å². The average molecular weight is 492 g/mol. The molecule has 8 nitrogen and oxygen atoms in total. The number of aryl methyl sites for hydroxylation is 2. The number of pyridine rings is 1. The second-order valence-corrected chi connectivity index (χ2v) is 9.48. The number of carbonyl (C=O) groups is 1. The van der Waals surface area contributed by atoms with Gasteiger partial charge in [-0.05, 0) is 87.0 Å². The molecule has 35 heavy (non-hydrogen) atoms. The third kappa shape index (κ3) is 5.39. The van der Waals surface area contributed by atoms with Crippen LogP contribution in [0.15, 0.2) is 42.7 Å². The maximum atomic E-state index is 12.2. The number of hydrogen-bond acceptors (Lipinski definition) is 7. The van der Waals surface area contributed by atoms with Gasteiger partial charge in [-0.3, -0.25) is 4.79 Å². The van der Waals surface area contributed by atoms with Crippen LogP contribution in [-0.2, 0) is 12.8 Å². The molecule has 0 unspecified atom stereocenters. The number of likely N-dealkylation sites (tertiary alicyclic amines) is 1. The molecule has 3 aromatic rings. The van der Waals surface area contributed by atoms with Crippen molar-refractivity contribution < 1.29 is 4.79 Å². The summed E-state index contributed by atoms with van der Waals surface area (Å²) in [5, 5.41) is 9.37. The standard InChI is InChI=1S/C26H30ClN7O/c1-28-25(35)23-22(5-4-12-29-23)32-24-21(27)16-30-26(33-24)31-19-9-6-17-7-10-20(11-8-18(17)15-19)34-13-2-3-14-34/h4-6,9,12,15-16,20H,2-3,7-8,10-11,13-14H2,1H3,(H,28,35)(H2,30,31,32,33)/t20-/m0/s1. The maximum Gasteiger partial charge on any atom is 0.271 e. The van der Waals surface area contributed by atoms with Gasteiger partial charge in [0, 0.05) is 25.0 Å². The molecule has 0 spiro atoms. The second kappa shape index (κ2) is 10.6. The normalized spacial score (nSPS) is 17.9. The predicted octanol–water partition coefficient (Wildman–Crippen LogP) is 4.72. The van der Waals surface area contributed by atoms with Gasteiger partial charge >= 0.3 is 0 Å².